The average molecular weight is 99.1 g/mol. The van der Waals surface area contributed by atoms with Crippen LogP contribution in [0.5, 0.6) is 0 Å². The topological polar surface area (TPSA) is 37.6 Å². The van der Waals surface area contributed by atoms with Crippen molar-refractivity contribution in [2.24, 2.45) is 0 Å². The minimum Gasteiger partial charge on any atom is -0.314 e. The van der Waals surface area contributed by atoms with Crippen LogP contribution in [0.25, 0.3) is 0 Å². The third-order valence-corrected chi connectivity index (χ3v) is 1.09. The third kappa shape index (κ3) is 1.43. The molecule has 0 aromatic carbocycles. The van der Waals surface area contributed by atoms with Gasteiger partial charge in [-0.2, -0.15) is 0 Å². The van der Waals surface area contributed by atoms with Crippen molar-refractivity contribution in [3.8, 4) is 0 Å². The number of hydrogen-bond acceptors (Lipinski definition) is 2. The molecule has 40 valence electrons. The first kappa shape index (κ1) is 5.03. The van der Waals surface area contributed by atoms with E-state index >= 15 is 0 Å². The molecule has 0 amide bonds. The first-order valence-corrected chi connectivity index (χ1v) is 2.54. The zero-order valence-electron chi connectivity index (χ0n) is 4.22. The normalized spacial score (nSPS) is 25.3. The highest BCUT2D eigenvalue weighted by molar-refractivity contribution is 4.60. The molecule has 0 spiro atoms. The lowest BCUT2D eigenvalue weighted by Crippen LogP contribution is -2.42. The van der Waals surface area contributed by atoms with E-state index in [2.05, 4.69) is 5.32 Å². The fourth-order valence-electron chi connectivity index (χ4n) is 0.653. The highest BCUT2D eigenvalue weighted by Crippen LogP contribution is 1.81. The smallest absolute Gasteiger partial charge is 0.0288 e. The van der Waals surface area contributed by atoms with Gasteiger partial charge in [0.1, 0.15) is 0 Å². The summed E-state index contributed by atoms with van der Waals surface area (Å²) in [7, 11) is 0. The van der Waals surface area contributed by atoms with Gasteiger partial charge in [-0.05, 0) is 5.84 Å². The predicted octanol–water partition coefficient (Wildman–Crippen LogP) is -1.12. The summed E-state index contributed by atoms with van der Waals surface area (Å²) in [6.07, 6.45) is 0. The molecular formula is C4H9N3. The maximum Gasteiger partial charge on any atom is 0.0288 e. The van der Waals surface area contributed by atoms with Crippen molar-refractivity contribution in [2.45, 2.75) is 0 Å². The fourth-order valence-corrected chi connectivity index (χ4v) is 0.653. The van der Waals surface area contributed by atoms with E-state index in [-0.39, 0.29) is 0 Å². The quantitative estimate of drug-likeness (QED) is 0.417. The highest BCUT2D eigenvalue weighted by Gasteiger charge is 2.03. The van der Waals surface area contributed by atoms with Gasteiger partial charge in [0.25, 0.3) is 0 Å². The first-order valence-electron chi connectivity index (χ1n) is 2.54. The lowest BCUT2D eigenvalue weighted by molar-refractivity contribution is 0.233. The van der Waals surface area contributed by atoms with Crippen LogP contribution in [0.1, 0.15) is 0 Å². The van der Waals surface area contributed by atoms with E-state index in [9.17, 15) is 0 Å². The molecule has 1 aliphatic heterocycles. The molecule has 1 rings (SSSR count). The van der Waals surface area contributed by atoms with Crippen molar-refractivity contribution >= 4 is 0 Å². The molecule has 2 radical (unpaired) electrons. The summed E-state index contributed by atoms with van der Waals surface area (Å²) in [5.74, 6) is 8.70. The van der Waals surface area contributed by atoms with E-state index in [4.69, 9.17) is 5.84 Å². The van der Waals surface area contributed by atoms with Gasteiger partial charge in [0.2, 0.25) is 0 Å². The zero-order chi connectivity index (χ0) is 5.11. The molecule has 1 heterocycles. The monoisotopic (exact) mass is 99.1 g/mol. The van der Waals surface area contributed by atoms with Crippen molar-refractivity contribution in [3.05, 3.63) is 0 Å². The van der Waals surface area contributed by atoms with Crippen LogP contribution in [0.15, 0.2) is 0 Å². The molecule has 1 N–H and O–H groups in total. The van der Waals surface area contributed by atoms with Crippen molar-refractivity contribution in [2.75, 3.05) is 26.2 Å². The van der Waals surface area contributed by atoms with Crippen molar-refractivity contribution in [1.29, 1.82) is 0 Å². The molecule has 0 aliphatic carbocycles. The second kappa shape index (κ2) is 2.26. The fraction of sp³-hybridized carbons (Fsp3) is 1.00. The van der Waals surface area contributed by atoms with E-state index in [1.54, 1.807) is 0 Å². The third-order valence-electron chi connectivity index (χ3n) is 1.09. The van der Waals surface area contributed by atoms with Crippen molar-refractivity contribution < 1.29 is 0 Å². The van der Waals surface area contributed by atoms with Crippen LogP contribution < -0.4 is 11.2 Å². The number of nitrogens with zero attached hydrogens (tertiary/aromatic N) is 2. The molecule has 3 heteroatoms. The van der Waals surface area contributed by atoms with Gasteiger partial charge >= 0.3 is 0 Å². The van der Waals surface area contributed by atoms with Crippen LogP contribution in [0.3, 0.4) is 0 Å². The van der Waals surface area contributed by atoms with E-state index in [1.807, 2.05) is 0 Å². The van der Waals surface area contributed by atoms with E-state index in [0.29, 0.717) is 0 Å². The minimum absolute atomic E-state index is 0.764. The predicted molar refractivity (Wildman–Crippen MR) is 26.6 cm³/mol. The highest BCUT2D eigenvalue weighted by atomic mass is 15.4. The number of piperazine rings is 1. The van der Waals surface area contributed by atoms with E-state index in [0.717, 1.165) is 26.2 Å². The Morgan fingerprint density at radius 1 is 1.29 bits per heavy atom. The first-order chi connectivity index (χ1) is 3.39. The van der Waals surface area contributed by atoms with Gasteiger partial charge in [0.05, 0.1) is 0 Å². The van der Waals surface area contributed by atoms with Crippen LogP contribution in [-0.4, -0.2) is 31.2 Å². The second-order valence-corrected chi connectivity index (χ2v) is 1.70. The largest absolute Gasteiger partial charge is 0.314 e. The average Bonchev–Trinajstić information content (AvgIpc) is 1.69. The van der Waals surface area contributed by atoms with Gasteiger partial charge in [-0.25, -0.2) is 5.01 Å². The summed E-state index contributed by atoms with van der Waals surface area (Å²) >= 11 is 0. The Balaban J connectivity index is 2.12. The zero-order valence-corrected chi connectivity index (χ0v) is 4.22. The summed E-state index contributed by atoms with van der Waals surface area (Å²) in [5, 5.41) is 4.44. The summed E-state index contributed by atoms with van der Waals surface area (Å²) in [5.41, 5.74) is 0. The maximum atomic E-state index is 8.70. The molecule has 0 atom stereocenters. The summed E-state index contributed by atoms with van der Waals surface area (Å²) in [4.78, 5) is 0. The second-order valence-electron chi connectivity index (χ2n) is 1.70. The number of nitrogens with one attached hydrogen (secondary N) is 1. The number of rotatable bonds is 0. The molecular weight excluding hydrogens is 90.1 g/mol. The lowest BCUT2D eigenvalue weighted by atomic mass is 10.4. The van der Waals surface area contributed by atoms with Crippen LogP contribution in [0.2, 0.25) is 0 Å². The standard InChI is InChI=1S/C4H9N3/c5-7-3-1-6-2-4-7/h6H,1-4H2. The van der Waals surface area contributed by atoms with Gasteiger partial charge in [-0.3, -0.25) is 0 Å². The van der Waals surface area contributed by atoms with Crippen LogP contribution in [0.4, 0.5) is 0 Å². The molecule has 0 aromatic rings. The SMILES string of the molecule is [N]N1CCNCC1. The maximum absolute atomic E-state index is 8.70. The van der Waals surface area contributed by atoms with E-state index < -0.39 is 0 Å². The Morgan fingerprint density at radius 2 is 1.86 bits per heavy atom. The molecule has 0 unspecified atom stereocenters. The van der Waals surface area contributed by atoms with E-state index in [1.165, 1.54) is 5.01 Å². The molecule has 3 nitrogen and oxygen atoms in total. The Bertz CT molecular complexity index is 48.9. The van der Waals surface area contributed by atoms with Crippen molar-refractivity contribution in [1.82, 2.24) is 16.2 Å². The molecule has 1 fully saturated rings. The van der Waals surface area contributed by atoms with Crippen LogP contribution in [0, 0.1) is 0 Å². The Morgan fingerprint density at radius 3 is 2.14 bits per heavy atom. The lowest BCUT2D eigenvalue weighted by Gasteiger charge is -2.18. The van der Waals surface area contributed by atoms with Gasteiger partial charge < -0.3 is 5.32 Å². The summed E-state index contributed by atoms with van der Waals surface area (Å²) in [6.45, 7) is 3.35. The van der Waals surface area contributed by atoms with Gasteiger partial charge in [-0.15, -0.1) is 0 Å². The van der Waals surface area contributed by atoms with Crippen molar-refractivity contribution in [3.63, 3.8) is 0 Å². The van der Waals surface area contributed by atoms with Crippen LogP contribution in [-0.2, 0) is 0 Å². The summed E-state index contributed by atoms with van der Waals surface area (Å²) in [6, 6.07) is 0. The Hall–Kier alpha value is -0.120. The summed E-state index contributed by atoms with van der Waals surface area (Å²) < 4.78 is 0. The van der Waals surface area contributed by atoms with Gasteiger partial charge in [0.15, 0.2) is 0 Å². The molecule has 0 aromatic heterocycles. The molecule has 1 aliphatic rings. The Labute approximate surface area is 43.4 Å². The number of hydrogen-bond donors (Lipinski definition) is 1. The Kier molecular flexibility index (Phi) is 1.62. The molecule has 7 heavy (non-hydrogen) atoms. The minimum atomic E-state index is 0.764. The van der Waals surface area contributed by atoms with Gasteiger partial charge in [0, 0.05) is 26.2 Å². The molecule has 1 saturated heterocycles. The molecule has 0 saturated carbocycles. The van der Waals surface area contributed by atoms with Gasteiger partial charge in [-0.1, -0.05) is 0 Å². The molecule has 0 bridgehead atoms. The van der Waals surface area contributed by atoms with Crippen LogP contribution >= 0.6 is 0 Å².